The molecule has 6 nitrogen and oxygen atoms in total. The maximum Gasteiger partial charge on any atom is 0.414 e. The van der Waals surface area contributed by atoms with Gasteiger partial charge in [0.15, 0.2) is 0 Å². The Hall–Kier alpha value is -2.77. The number of halogens is 1. The summed E-state index contributed by atoms with van der Waals surface area (Å²) >= 11 is 0. The molecule has 1 heterocycles. The van der Waals surface area contributed by atoms with Gasteiger partial charge in [-0.15, -0.1) is 0 Å². The van der Waals surface area contributed by atoms with Gasteiger partial charge in [-0.3, -0.25) is 9.80 Å². The molecule has 1 aliphatic rings. The Morgan fingerprint density at radius 1 is 0.778 bits per heavy atom. The minimum atomic E-state index is -1.82. The van der Waals surface area contributed by atoms with Crippen LogP contribution in [-0.2, 0) is 22.7 Å². The molecule has 27 heavy (non-hydrogen) atoms. The maximum atomic E-state index is 13.7. The summed E-state index contributed by atoms with van der Waals surface area (Å²) in [6, 6.07) is 17.6. The molecule has 2 N–H and O–H groups in total. The zero-order valence-corrected chi connectivity index (χ0v) is 14.9. The second-order valence-electron chi connectivity index (χ2n) is 6.24. The third kappa shape index (κ3) is 7.16. The van der Waals surface area contributed by atoms with Gasteiger partial charge in [0.25, 0.3) is 0 Å². The van der Waals surface area contributed by atoms with Crippen LogP contribution in [0, 0.1) is 5.82 Å². The lowest BCUT2D eigenvalue weighted by Crippen LogP contribution is -2.45. The van der Waals surface area contributed by atoms with E-state index in [1.54, 1.807) is 12.1 Å². The Kier molecular flexibility index (Phi) is 7.91. The first-order valence-electron chi connectivity index (χ1n) is 8.64. The molecular formula is C20H23FN2O4. The highest BCUT2D eigenvalue weighted by Crippen LogP contribution is 2.13. The van der Waals surface area contributed by atoms with Gasteiger partial charge in [-0.25, -0.2) is 14.0 Å². The van der Waals surface area contributed by atoms with Crippen molar-refractivity contribution in [2.75, 3.05) is 26.2 Å². The lowest BCUT2D eigenvalue weighted by molar-refractivity contribution is -0.159. The molecule has 1 fully saturated rings. The first-order valence-corrected chi connectivity index (χ1v) is 8.64. The minimum absolute atomic E-state index is 0.0933. The van der Waals surface area contributed by atoms with Crippen LogP contribution in [0.5, 0.6) is 0 Å². The Balaban J connectivity index is 0.000000380. The summed E-state index contributed by atoms with van der Waals surface area (Å²) in [5.41, 5.74) is 2.16. The molecular weight excluding hydrogens is 351 g/mol. The van der Waals surface area contributed by atoms with Gasteiger partial charge < -0.3 is 10.2 Å². The van der Waals surface area contributed by atoms with Crippen molar-refractivity contribution in [2.24, 2.45) is 0 Å². The molecule has 2 aromatic rings. The number of carbonyl (C=O) groups is 2. The highest BCUT2D eigenvalue weighted by molar-refractivity contribution is 6.27. The van der Waals surface area contributed by atoms with Gasteiger partial charge in [0.1, 0.15) is 5.82 Å². The third-order valence-corrected chi connectivity index (χ3v) is 4.25. The predicted octanol–water partition coefficient (Wildman–Crippen LogP) is 2.30. The number of carboxylic acids is 2. The number of hydrogen-bond donors (Lipinski definition) is 2. The molecule has 2 aromatic carbocycles. The molecule has 144 valence electrons. The highest BCUT2D eigenvalue weighted by atomic mass is 19.1. The number of rotatable bonds is 4. The van der Waals surface area contributed by atoms with Crippen molar-refractivity contribution < 1.29 is 24.2 Å². The average molecular weight is 374 g/mol. The van der Waals surface area contributed by atoms with Crippen LogP contribution in [0.15, 0.2) is 54.6 Å². The second kappa shape index (κ2) is 10.4. The van der Waals surface area contributed by atoms with Crippen LogP contribution in [0.1, 0.15) is 11.1 Å². The van der Waals surface area contributed by atoms with E-state index < -0.39 is 11.9 Å². The van der Waals surface area contributed by atoms with E-state index in [1.165, 1.54) is 5.56 Å². The molecule has 0 saturated carbocycles. The predicted molar refractivity (Wildman–Crippen MR) is 98.7 cm³/mol. The maximum absolute atomic E-state index is 13.7. The lowest BCUT2D eigenvalue weighted by atomic mass is 10.1. The molecule has 0 aromatic heterocycles. The van der Waals surface area contributed by atoms with Crippen molar-refractivity contribution in [1.82, 2.24) is 9.80 Å². The lowest BCUT2D eigenvalue weighted by Gasteiger charge is -2.34. The van der Waals surface area contributed by atoms with Crippen LogP contribution >= 0.6 is 0 Å². The summed E-state index contributed by atoms with van der Waals surface area (Å²) in [7, 11) is 0. The van der Waals surface area contributed by atoms with E-state index in [1.807, 2.05) is 12.1 Å². The van der Waals surface area contributed by atoms with E-state index in [-0.39, 0.29) is 5.82 Å². The smallest absolute Gasteiger partial charge is 0.414 e. The highest BCUT2D eigenvalue weighted by Gasteiger charge is 2.17. The van der Waals surface area contributed by atoms with E-state index in [2.05, 4.69) is 40.1 Å². The monoisotopic (exact) mass is 374 g/mol. The third-order valence-electron chi connectivity index (χ3n) is 4.25. The average Bonchev–Trinajstić information content (AvgIpc) is 2.66. The first-order chi connectivity index (χ1) is 13.0. The van der Waals surface area contributed by atoms with Crippen molar-refractivity contribution in [2.45, 2.75) is 13.1 Å². The number of piperazine rings is 1. The topological polar surface area (TPSA) is 81.1 Å². The van der Waals surface area contributed by atoms with Crippen LogP contribution < -0.4 is 0 Å². The molecule has 0 radical (unpaired) electrons. The van der Waals surface area contributed by atoms with E-state index in [9.17, 15) is 4.39 Å². The van der Waals surface area contributed by atoms with Crippen LogP contribution in [0.4, 0.5) is 4.39 Å². The molecule has 0 aliphatic carbocycles. The molecule has 1 saturated heterocycles. The fourth-order valence-electron chi connectivity index (χ4n) is 2.81. The zero-order valence-electron chi connectivity index (χ0n) is 14.9. The molecule has 0 amide bonds. The van der Waals surface area contributed by atoms with Crippen LogP contribution in [0.3, 0.4) is 0 Å². The minimum Gasteiger partial charge on any atom is -0.473 e. The Bertz CT molecular complexity index is 735. The van der Waals surface area contributed by atoms with Gasteiger partial charge in [-0.05, 0) is 11.6 Å². The summed E-state index contributed by atoms with van der Waals surface area (Å²) < 4.78 is 13.7. The summed E-state index contributed by atoms with van der Waals surface area (Å²) in [5.74, 6) is -3.74. The van der Waals surface area contributed by atoms with Crippen molar-refractivity contribution >= 4 is 11.9 Å². The van der Waals surface area contributed by atoms with Crippen LogP contribution in [0.2, 0.25) is 0 Å². The van der Waals surface area contributed by atoms with Gasteiger partial charge in [0, 0.05) is 44.8 Å². The Morgan fingerprint density at radius 3 is 1.78 bits per heavy atom. The Labute approximate surface area is 157 Å². The van der Waals surface area contributed by atoms with E-state index in [4.69, 9.17) is 19.8 Å². The van der Waals surface area contributed by atoms with Crippen molar-refractivity contribution in [3.63, 3.8) is 0 Å². The van der Waals surface area contributed by atoms with Crippen LogP contribution in [-0.4, -0.2) is 58.1 Å². The number of benzene rings is 2. The molecule has 1 aliphatic heterocycles. The summed E-state index contributed by atoms with van der Waals surface area (Å²) in [6.45, 7) is 5.81. The van der Waals surface area contributed by atoms with Crippen molar-refractivity contribution in [3.05, 3.63) is 71.5 Å². The molecule has 0 spiro atoms. The normalized spacial score (nSPS) is 14.9. The van der Waals surface area contributed by atoms with Gasteiger partial charge in [0.2, 0.25) is 0 Å². The van der Waals surface area contributed by atoms with Crippen molar-refractivity contribution in [3.8, 4) is 0 Å². The number of carboxylic acid groups (broad SMARTS) is 2. The number of hydrogen-bond acceptors (Lipinski definition) is 4. The standard InChI is InChI=1S/C18H21FN2.C2H2O4/c19-18-9-5-4-8-17(18)15-21-12-10-20(11-13-21)14-16-6-2-1-3-7-16;3-1(4)2(5)6/h1-9H,10-15H2;(H,3,4)(H,5,6). The quantitative estimate of drug-likeness (QED) is 0.800. The Morgan fingerprint density at radius 2 is 1.26 bits per heavy atom. The summed E-state index contributed by atoms with van der Waals surface area (Å²) in [5, 5.41) is 14.8. The fraction of sp³-hybridized carbons (Fsp3) is 0.300. The van der Waals surface area contributed by atoms with E-state index in [0.717, 1.165) is 38.3 Å². The van der Waals surface area contributed by atoms with Gasteiger partial charge in [0.05, 0.1) is 0 Å². The van der Waals surface area contributed by atoms with Gasteiger partial charge in [-0.2, -0.15) is 0 Å². The molecule has 3 rings (SSSR count). The fourth-order valence-corrected chi connectivity index (χ4v) is 2.81. The van der Waals surface area contributed by atoms with Gasteiger partial charge >= 0.3 is 11.9 Å². The molecule has 0 bridgehead atoms. The molecule has 0 unspecified atom stereocenters. The van der Waals surface area contributed by atoms with Gasteiger partial charge in [-0.1, -0.05) is 48.5 Å². The molecule has 0 atom stereocenters. The van der Waals surface area contributed by atoms with E-state index in [0.29, 0.717) is 6.54 Å². The zero-order chi connectivity index (χ0) is 19.6. The molecule has 7 heteroatoms. The van der Waals surface area contributed by atoms with Crippen molar-refractivity contribution in [1.29, 1.82) is 0 Å². The second-order valence-corrected chi connectivity index (χ2v) is 6.24. The largest absolute Gasteiger partial charge is 0.473 e. The SMILES string of the molecule is Fc1ccccc1CN1CCN(Cc2ccccc2)CC1.O=C(O)C(=O)O. The van der Waals surface area contributed by atoms with E-state index >= 15 is 0 Å². The number of aliphatic carboxylic acids is 2. The summed E-state index contributed by atoms with van der Waals surface area (Å²) in [4.78, 5) is 23.0. The van der Waals surface area contributed by atoms with Crippen LogP contribution in [0.25, 0.3) is 0 Å². The number of nitrogens with zero attached hydrogens (tertiary/aromatic N) is 2. The first kappa shape index (κ1) is 20.5. The summed E-state index contributed by atoms with van der Waals surface area (Å²) in [6.07, 6.45) is 0.